The Morgan fingerprint density at radius 2 is 0.811 bits per heavy atom. The van der Waals surface area contributed by atoms with Crippen LogP contribution in [0.4, 0.5) is 0 Å². The van der Waals surface area contributed by atoms with E-state index in [1.165, 1.54) is 18.6 Å². The Hall–Kier alpha value is -0.840. The molecule has 1 atom stereocenters. The molecule has 18 heteroatoms. The lowest BCUT2D eigenvalue weighted by Crippen LogP contribution is -2.27. The van der Waals surface area contributed by atoms with E-state index in [1.807, 2.05) is 21.6 Å². The maximum Gasteiger partial charge on any atom is 0.305 e. The first kappa shape index (κ1) is 50.2. The van der Waals surface area contributed by atoms with Gasteiger partial charge in [0, 0.05) is 24.0 Å². The number of ether oxygens (including phenoxy) is 12. The number of aliphatic carboxylic acids is 1. The lowest BCUT2D eigenvalue weighted by atomic mass is 10.1. The molecule has 0 bridgehead atoms. The summed E-state index contributed by atoms with van der Waals surface area (Å²) in [7, 11) is 3.96. The highest BCUT2D eigenvalue weighted by Gasteiger charge is 2.15. The minimum Gasteiger partial charge on any atom is -0.481 e. The first-order valence-electron chi connectivity index (χ1n) is 18.9. The summed E-state index contributed by atoms with van der Waals surface area (Å²) in [5.74, 6) is 0.490. The van der Waals surface area contributed by atoms with Crippen LogP contribution < -0.4 is 5.32 Å². The van der Waals surface area contributed by atoms with Gasteiger partial charge in [0.2, 0.25) is 5.91 Å². The van der Waals surface area contributed by atoms with Crippen molar-refractivity contribution in [3.63, 3.8) is 0 Å². The van der Waals surface area contributed by atoms with E-state index in [0.717, 1.165) is 18.1 Å². The van der Waals surface area contributed by atoms with E-state index in [9.17, 15) is 9.59 Å². The summed E-state index contributed by atoms with van der Waals surface area (Å²) in [5, 5.41) is 12.2. The van der Waals surface area contributed by atoms with E-state index in [2.05, 4.69) is 5.32 Å². The van der Waals surface area contributed by atoms with Gasteiger partial charge in [0.1, 0.15) is 0 Å². The minimum absolute atomic E-state index is 0.00481. The van der Waals surface area contributed by atoms with Crippen molar-refractivity contribution in [2.75, 3.05) is 171 Å². The molecule has 1 saturated heterocycles. The van der Waals surface area contributed by atoms with Gasteiger partial charge in [-0.1, -0.05) is 28.0 Å². The molecule has 1 amide bonds. The highest BCUT2D eigenvalue weighted by atomic mass is 33.1. The number of nitrogens with one attached hydrogen (secondary N) is 1. The van der Waals surface area contributed by atoms with Gasteiger partial charge in [0.05, 0.1) is 165 Å². The van der Waals surface area contributed by atoms with Gasteiger partial charge in [-0.3, -0.25) is 9.59 Å². The molecule has 0 spiro atoms. The monoisotopic (exact) mass is 805 g/mol. The molecule has 1 heterocycles. The number of hydrogen-bond donors (Lipinski definition) is 2. The average Bonchev–Trinajstić information content (AvgIpc) is 3.68. The molecule has 1 fully saturated rings. The molecule has 0 aromatic heterocycles. The third kappa shape index (κ3) is 40.6. The van der Waals surface area contributed by atoms with Gasteiger partial charge >= 0.3 is 5.97 Å². The summed E-state index contributed by atoms with van der Waals surface area (Å²) in [6.45, 7) is 11.6. The van der Waals surface area contributed by atoms with Crippen molar-refractivity contribution in [2.24, 2.45) is 0 Å². The largest absolute Gasteiger partial charge is 0.481 e. The fourth-order valence-electron chi connectivity index (χ4n) is 4.25. The normalized spacial score (nSPS) is 14.3. The molecule has 1 rings (SSSR count). The molecule has 0 aliphatic carbocycles. The fourth-order valence-corrected chi connectivity index (χ4v) is 7.28. The van der Waals surface area contributed by atoms with Crippen molar-refractivity contribution in [1.29, 1.82) is 0 Å². The lowest BCUT2D eigenvalue weighted by molar-refractivity contribution is -0.138. The number of carbonyl (C=O) groups excluding carboxylic acids is 1. The fraction of sp³-hybridized carbons (Fsp3) is 0.943. The van der Waals surface area contributed by atoms with Gasteiger partial charge in [-0.2, -0.15) is 0 Å². The van der Waals surface area contributed by atoms with Crippen molar-refractivity contribution < 1.29 is 71.5 Å². The van der Waals surface area contributed by atoms with Crippen molar-refractivity contribution >= 4 is 33.5 Å². The molecule has 16 nitrogen and oxygen atoms in total. The average molecular weight is 806 g/mol. The molecular formula is C35H67NO15S2. The molecule has 1 aliphatic heterocycles. The Labute approximate surface area is 324 Å². The van der Waals surface area contributed by atoms with E-state index in [-0.39, 0.29) is 18.9 Å². The van der Waals surface area contributed by atoms with E-state index in [1.54, 1.807) is 0 Å². The number of unbranched alkanes of at least 4 members (excludes halogenated alkanes) is 1. The van der Waals surface area contributed by atoms with Crippen molar-refractivity contribution in [2.45, 2.75) is 43.8 Å². The number of carboxylic acid groups (broad SMARTS) is 1. The second kappa shape index (κ2) is 42.3. The predicted octanol–water partition coefficient (Wildman–Crippen LogP) is 2.49. The summed E-state index contributed by atoms with van der Waals surface area (Å²) in [4.78, 5) is 22.2. The maximum absolute atomic E-state index is 11.9. The highest BCUT2D eigenvalue weighted by molar-refractivity contribution is 8.77. The Balaban J connectivity index is 1.61. The van der Waals surface area contributed by atoms with Crippen LogP contribution in [0.15, 0.2) is 0 Å². The summed E-state index contributed by atoms with van der Waals surface area (Å²) in [5.41, 5.74) is 0. The molecule has 0 radical (unpaired) electrons. The molecule has 0 aromatic carbocycles. The maximum atomic E-state index is 11.9. The van der Waals surface area contributed by atoms with Crippen LogP contribution in [0.5, 0.6) is 0 Å². The molecular weight excluding hydrogens is 739 g/mol. The van der Waals surface area contributed by atoms with Gasteiger partial charge in [-0.05, 0) is 19.3 Å². The minimum atomic E-state index is -0.876. The molecule has 1 aliphatic rings. The molecule has 2 N–H and O–H groups in total. The summed E-state index contributed by atoms with van der Waals surface area (Å²) in [6, 6.07) is 0. The van der Waals surface area contributed by atoms with Crippen LogP contribution in [0.3, 0.4) is 0 Å². The Bertz CT molecular complexity index is 788. The Kier molecular flexibility index (Phi) is 40.1. The highest BCUT2D eigenvalue weighted by Crippen LogP contribution is 2.39. The Morgan fingerprint density at radius 1 is 0.472 bits per heavy atom. The number of amides is 1. The van der Waals surface area contributed by atoms with Crippen LogP contribution in [0, 0.1) is 0 Å². The second-order valence-electron chi connectivity index (χ2n) is 11.4. The molecule has 0 unspecified atom stereocenters. The van der Waals surface area contributed by atoms with Gasteiger partial charge in [0.15, 0.2) is 0 Å². The third-order valence-electron chi connectivity index (χ3n) is 7.03. The first-order valence-corrected chi connectivity index (χ1v) is 21.3. The summed E-state index contributed by atoms with van der Waals surface area (Å²) in [6.07, 6.45) is 5.19. The van der Waals surface area contributed by atoms with Crippen LogP contribution in [0.1, 0.15) is 38.5 Å². The number of rotatable bonds is 44. The zero-order chi connectivity index (χ0) is 38.0. The van der Waals surface area contributed by atoms with E-state index < -0.39 is 5.97 Å². The molecule has 53 heavy (non-hydrogen) atoms. The Morgan fingerprint density at radius 3 is 1.13 bits per heavy atom. The SMILES string of the molecule is O=C(O)CCOCCOCCOCCOCCOCCOCCOCCOCCOCCOCCOCCOCCNC(=O)CCCC[C@@H]1CCSS1. The van der Waals surface area contributed by atoms with Crippen molar-refractivity contribution in [3.8, 4) is 0 Å². The zero-order valence-electron chi connectivity index (χ0n) is 31.7. The topological polar surface area (TPSA) is 177 Å². The first-order chi connectivity index (χ1) is 26.2. The smallest absolute Gasteiger partial charge is 0.305 e. The van der Waals surface area contributed by atoms with Gasteiger partial charge in [-0.15, -0.1) is 0 Å². The van der Waals surface area contributed by atoms with Crippen molar-refractivity contribution in [3.05, 3.63) is 0 Å². The number of carbonyl (C=O) groups is 2. The standard InChI is InChI=1S/C35H67NO15S2/c37-34(4-2-1-3-33-6-32-52-53-33)36-7-9-41-11-13-43-15-17-45-19-21-47-23-25-49-27-29-51-31-30-50-28-26-48-24-22-46-20-18-44-16-14-42-12-10-40-8-5-35(38)39/h33H,1-32H2,(H,36,37)(H,38,39)/t33-/m1/s1. The third-order valence-corrected chi connectivity index (χ3v) is 10.0. The van der Waals surface area contributed by atoms with Crippen molar-refractivity contribution in [1.82, 2.24) is 5.32 Å². The van der Waals surface area contributed by atoms with E-state index in [4.69, 9.17) is 61.9 Å². The van der Waals surface area contributed by atoms with Crippen LogP contribution in [0.2, 0.25) is 0 Å². The summed E-state index contributed by atoms with van der Waals surface area (Å²) >= 11 is 0. The quantitative estimate of drug-likeness (QED) is 0.0678. The number of carboxylic acids is 1. The van der Waals surface area contributed by atoms with Crippen LogP contribution in [-0.4, -0.2) is 193 Å². The lowest BCUT2D eigenvalue weighted by Gasteiger charge is -2.09. The second-order valence-corrected chi connectivity index (χ2v) is 14.2. The van der Waals surface area contributed by atoms with Crippen LogP contribution in [0.25, 0.3) is 0 Å². The van der Waals surface area contributed by atoms with Crippen LogP contribution in [-0.2, 0) is 66.4 Å². The molecule has 314 valence electrons. The molecule has 0 saturated carbocycles. The van der Waals surface area contributed by atoms with Crippen LogP contribution >= 0.6 is 21.6 Å². The predicted molar refractivity (Wildman–Crippen MR) is 202 cm³/mol. The summed E-state index contributed by atoms with van der Waals surface area (Å²) < 4.78 is 65.2. The number of hydrogen-bond acceptors (Lipinski definition) is 16. The zero-order valence-corrected chi connectivity index (χ0v) is 33.3. The van der Waals surface area contributed by atoms with Gasteiger partial charge in [0.25, 0.3) is 0 Å². The van der Waals surface area contributed by atoms with E-state index >= 15 is 0 Å². The molecule has 0 aromatic rings. The van der Waals surface area contributed by atoms with Gasteiger partial charge < -0.3 is 67.3 Å². The van der Waals surface area contributed by atoms with E-state index in [0.29, 0.717) is 165 Å². The van der Waals surface area contributed by atoms with Gasteiger partial charge in [-0.25, -0.2) is 0 Å².